The number of rotatable bonds is 6. The molecule has 31 heavy (non-hydrogen) atoms. The number of benzene rings is 1. The molecule has 1 fully saturated rings. The molecule has 4 rings (SSSR count). The third-order valence-corrected chi connectivity index (χ3v) is 5.31. The number of nitriles is 1. The number of aromatic nitrogens is 4. The number of primary amides is 1. The SMILES string of the molecule is N#Cc1cc(C(N)=O)c(Nc2cccc(-n3nccn3)c2)nc1NC1CCCCC1N. The summed E-state index contributed by atoms with van der Waals surface area (Å²) in [5.74, 6) is -0.0523. The fourth-order valence-electron chi connectivity index (χ4n) is 3.70. The van der Waals surface area contributed by atoms with Crippen LogP contribution in [0.15, 0.2) is 42.7 Å². The van der Waals surface area contributed by atoms with Crippen LogP contribution in [0.1, 0.15) is 41.6 Å². The van der Waals surface area contributed by atoms with Crippen molar-refractivity contribution in [2.75, 3.05) is 10.6 Å². The van der Waals surface area contributed by atoms with E-state index in [1.54, 1.807) is 12.4 Å². The van der Waals surface area contributed by atoms with Gasteiger partial charge in [0.15, 0.2) is 0 Å². The van der Waals surface area contributed by atoms with Gasteiger partial charge in [0.05, 0.1) is 29.2 Å². The summed E-state index contributed by atoms with van der Waals surface area (Å²) >= 11 is 0. The number of pyridine rings is 1. The molecule has 2 heterocycles. The van der Waals surface area contributed by atoms with E-state index in [4.69, 9.17) is 11.5 Å². The van der Waals surface area contributed by atoms with Crippen LogP contribution in [0.3, 0.4) is 0 Å². The highest BCUT2D eigenvalue weighted by atomic mass is 16.1. The second kappa shape index (κ2) is 8.81. The van der Waals surface area contributed by atoms with Crippen molar-refractivity contribution in [1.82, 2.24) is 20.0 Å². The van der Waals surface area contributed by atoms with E-state index in [0.29, 0.717) is 11.5 Å². The normalized spacial score (nSPS) is 18.2. The molecule has 10 nitrogen and oxygen atoms in total. The number of carbonyl (C=O) groups is 1. The van der Waals surface area contributed by atoms with Crippen molar-refractivity contribution in [1.29, 1.82) is 5.26 Å². The summed E-state index contributed by atoms with van der Waals surface area (Å²) in [6.07, 6.45) is 7.13. The fourth-order valence-corrected chi connectivity index (χ4v) is 3.70. The Bertz CT molecular complexity index is 1120. The van der Waals surface area contributed by atoms with E-state index >= 15 is 0 Å². The molecule has 1 aliphatic rings. The molecular weight excluding hydrogens is 394 g/mol. The van der Waals surface area contributed by atoms with Crippen molar-refractivity contribution in [3.05, 3.63) is 53.9 Å². The average Bonchev–Trinajstić information content (AvgIpc) is 3.31. The minimum Gasteiger partial charge on any atom is -0.365 e. The standard InChI is InChI=1S/C21H23N9O/c22-12-13-10-16(19(24)31)21(29-20(13)28-18-7-2-1-6-17(18)23)27-14-4-3-5-15(11-14)30-25-8-9-26-30/h3-5,8-11,17-18H,1-2,6-7,23H2,(H2,24,31)(H2,27,28,29). The highest BCUT2D eigenvalue weighted by Crippen LogP contribution is 2.27. The maximum atomic E-state index is 12.1. The molecule has 2 atom stereocenters. The zero-order valence-electron chi connectivity index (χ0n) is 16.8. The summed E-state index contributed by atoms with van der Waals surface area (Å²) in [5.41, 5.74) is 13.6. The molecule has 3 aromatic rings. The fraction of sp³-hybridized carbons (Fsp3) is 0.286. The summed E-state index contributed by atoms with van der Waals surface area (Å²) in [6, 6.07) is 10.8. The predicted molar refractivity (Wildman–Crippen MR) is 116 cm³/mol. The van der Waals surface area contributed by atoms with Crippen molar-refractivity contribution in [2.24, 2.45) is 11.5 Å². The number of carbonyl (C=O) groups excluding carboxylic acids is 1. The third kappa shape index (κ3) is 4.46. The van der Waals surface area contributed by atoms with E-state index in [9.17, 15) is 10.1 Å². The van der Waals surface area contributed by atoms with Crippen LogP contribution in [-0.4, -0.2) is 38.0 Å². The van der Waals surface area contributed by atoms with Gasteiger partial charge in [-0.2, -0.15) is 20.3 Å². The number of amides is 1. The Labute approximate surface area is 179 Å². The van der Waals surface area contributed by atoms with Crippen molar-refractivity contribution in [3.63, 3.8) is 0 Å². The van der Waals surface area contributed by atoms with Crippen LogP contribution in [0, 0.1) is 11.3 Å². The largest absolute Gasteiger partial charge is 0.365 e. The summed E-state index contributed by atoms with van der Waals surface area (Å²) in [4.78, 5) is 18.1. The zero-order valence-corrected chi connectivity index (χ0v) is 16.8. The topological polar surface area (TPSA) is 161 Å². The van der Waals surface area contributed by atoms with Crippen LogP contribution < -0.4 is 22.1 Å². The molecule has 0 saturated heterocycles. The number of nitrogens with two attached hydrogens (primary N) is 2. The number of hydrogen-bond donors (Lipinski definition) is 4. The molecule has 158 valence electrons. The van der Waals surface area contributed by atoms with Gasteiger partial charge in [-0.25, -0.2) is 4.98 Å². The summed E-state index contributed by atoms with van der Waals surface area (Å²) in [5, 5.41) is 24.3. The number of nitrogens with zero attached hydrogens (tertiary/aromatic N) is 5. The van der Waals surface area contributed by atoms with Gasteiger partial charge in [-0.1, -0.05) is 18.9 Å². The lowest BCUT2D eigenvalue weighted by molar-refractivity contribution is 0.100. The van der Waals surface area contributed by atoms with E-state index in [1.807, 2.05) is 24.3 Å². The van der Waals surface area contributed by atoms with Crippen LogP contribution in [0.25, 0.3) is 5.69 Å². The van der Waals surface area contributed by atoms with Gasteiger partial charge in [0.2, 0.25) is 0 Å². The molecular formula is C21H23N9O. The summed E-state index contributed by atoms with van der Waals surface area (Å²) < 4.78 is 0. The summed E-state index contributed by atoms with van der Waals surface area (Å²) in [6.45, 7) is 0. The summed E-state index contributed by atoms with van der Waals surface area (Å²) in [7, 11) is 0. The molecule has 1 aromatic carbocycles. The monoisotopic (exact) mass is 417 g/mol. The maximum Gasteiger partial charge on any atom is 0.252 e. The predicted octanol–water partition coefficient (Wildman–Crippen LogP) is 2.06. The second-order valence-corrected chi connectivity index (χ2v) is 7.45. The molecule has 0 aliphatic heterocycles. The Morgan fingerprint density at radius 3 is 2.65 bits per heavy atom. The van der Waals surface area contributed by atoms with Gasteiger partial charge in [-0.3, -0.25) is 4.79 Å². The third-order valence-electron chi connectivity index (χ3n) is 5.31. The average molecular weight is 417 g/mol. The molecule has 1 amide bonds. The lowest BCUT2D eigenvalue weighted by Gasteiger charge is -2.30. The highest BCUT2D eigenvalue weighted by Gasteiger charge is 2.24. The van der Waals surface area contributed by atoms with Crippen molar-refractivity contribution < 1.29 is 4.79 Å². The van der Waals surface area contributed by atoms with Crippen molar-refractivity contribution in [3.8, 4) is 11.8 Å². The first kappa shape index (κ1) is 20.3. The van der Waals surface area contributed by atoms with E-state index in [2.05, 4.69) is 31.9 Å². The van der Waals surface area contributed by atoms with Crippen LogP contribution in [0.2, 0.25) is 0 Å². The molecule has 0 bridgehead atoms. The van der Waals surface area contributed by atoms with Gasteiger partial charge < -0.3 is 22.1 Å². The Hall–Kier alpha value is -3.97. The maximum absolute atomic E-state index is 12.1. The van der Waals surface area contributed by atoms with Gasteiger partial charge in [-0.15, -0.1) is 0 Å². The van der Waals surface area contributed by atoms with Crippen LogP contribution in [0.4, 0.5) is 17.3 Å². The van der Waals surface area contributed by atoms with E-state index in [0.717, 1.165) is 31.4 Å². The van der Waals surface area contributed by atoms with Crippen LogP contribution >= 0.6 is 0 Å². The van der Waals surface area contributed by atoms with E-state index in [-0.39, 0.29) is 29.0 Å². The smallest absolute Gasteiger partial charge is 0.252 e. The first-order valence-corrected chi connectivity index (χ1v) is 10.1. The first-order valence-electron chi connectivity index (χ1n) is 10.1. The molecule has 0 spiro atoms. The van der Waals surface area contributed by atoms with Gasteiger partial charge in [0.25, 0.3) is 5.91 Å². The minimum absolute atomic E-state index is 0.00912. The van der Waals surface area contributed by atoms with Crippen molar-refractivity contribution in [2.45, 2.75) is 37.8 Å². The molecule has 6 N–H and O–H groups in total. The lowest BCUT2D eigenvalue weighted by atomic mass is 9.91. The number of anilines is 3. The molecule has 1 aliphatic carbocycles. The molecule has 2 unspecified atom stereocenters. The lowest BCUT2D eigenvalue weighted by Crippen LogP contribution is -2.43. The van der Waals surface area contributed by atoms with Crippen LogP contribution in [0.5, 0.6) is 0 Å². The minimum atomic E-state index is -0.683. The van der Waals surface area contributed by atoms with E-state index in [1.165, 1.54) is 10.9 Å². The quantitative estimate of drug-likeness (QED) is 0.474. The van der Waals surface area contributed by atoms with Gasteiger partial charge in [0.1, 0.15) is 17.7 Å². The Morgan fingerprint density at radius 1 is 1.16 bits per heavy atom. The van der Waals surface area contributed by atoms with Gasteiger partial charge in [-0.05, 0) is 37.1 Å². The Balaban J connectivity index is 1.68. The second-order valence-electron chi connectivity index (χ2n) is 7.45. The molecule has 1 saturated carbocycles. The molecule has 10 heteroatoms. The zero-order chi connectivity index (χ0) is 21.8. The molecule has 2 aromatic heterocycles. The van der Waals surface area contributed by atoms with Gasteiger partial charge in [0, 0.05) is 17.8 Å². The van der Waals surface area contributed by atoms with Gasteiger partial charge >= 0.3 is 0 Å². The number of hydrogen-bond acceptors (Lipinski definition) is 8. The van der Waals surface area contributed by atoms with Crippen molar-refractivity contribution >= 4 is 23.2 Å². The Morgan fingerprint density at radius 2 is 1.94 bits per heavy atom. The highest BCUT2D eigenvalue weighted by molar-refractivity contribution is 5.99. The Kier molecular flexibility index (Phi) is 5.77. The van der Waals surface area contributed by atoms with Crippen LogP contribution in [-0.2, 0) is 0 Å². The van der Waals surface area contributed by atoms with E-state index < -0.39 is 5.91 Å². The first-order chi connectivity index (χ1) is 15.0. The molecule has 0 radical (unpaired) electrons. The number of nitrogens with one attached hydrogen (secondary N) is 2.